The van der Waals surface area contributed by atoms with Crippen LogP contribution >= 0.6 is 23.2 Å². The topological polar surface area (TPSA) is 24.9 Å². The zero-order valence-corrected chi connectivity index (χ0v) is 13.7. The van der Waals surface area contributed by atoms with E-state index in [4.69, 9.17) is 23.2 Å². The zero-order valence-electron chi connectivity index (χ0n) is 12.2. The Bertz CT molecular complexity index is 558. The van der Waals surface area contributed by atoms with E-state index >= 15 is 0 Å². The van der Waals surface area contributed by atoms with Crippen LogP contribution in [0.2, 0.25) is 10.0 Å². The third-order valence-corrected chi connectivity index (χ3v) is 4.09. The molecule has 0 aliphatic rings. The van der Waals surface area contributed by atoms with Gasteiger partial charge in [0.2, 0.25) is 0 Å². The van der Waals surface area contributed by atoms with Crippen molar-refractivity contribution in [3.63, 3.8) is 0 Å². The number of benzene rings is 1. The molecule has 0 aliphatic carbocycles. The van der Waals surface area contributed by atoms with Gasteiger partial charge in [0.05, 0.1) is 10.0 Å². The molecule has 1 aromatic heterocycles. The average molecular weight is 323 g/mol. The lowest BCUT2D eigenvalue weighted by Crippen LogP contribution is -2.33. The van der Waals surface area contributed by atoms with Gasteiger partial charge in [-0.15, -0.1) is 0 Å². The van der Waals surface area contributed by atoms with Crippen molar-refractivity contribution in [3.8, 4) is 0 Å². The molecule has 0 bridgehead atoms. The summed E-state index contributed by atoms with van der Waals surface area (Å²) in [7, 11) is 0. The number of aromatic nitrogens is 1. The van der Waals surface area contributed by atoms with Crippen molar-refractivity contribution >= 4 is 23.2 Å². The van der Waals surface area contributed by atoms with Crippen LogP contribution in [0, 0.1) is 0 Å². The van der Waals surface area contributed by atoms with Crippen LogP contribution in [-0.4, -0.2) is 17.6 Å². The lowest BCUT2D eigenvalue weighted by Gasteiger charge is -2.19. The van der Waals surface area contributed by atoms with E-state index in [1.807, 2.05) is 30.5 Å². The van der Waals surface area contributed by atoms with Gasteiger partial charge in [-0.3, -0.25) is 4.98 Å². The van der Waals surface area contributed by atoms with Crippen LogP contribution in [0.3, 0.4) is 0 Å². The molecular formula is C17H20Cl2N2. The molecule has 0 radical (unpaired) electrons. The second-order valence-electron chi connectivity index (χ2n) is 5.17. The first kappa shape index (κ1) is 16.3. The normalized spacial score (nSPS) is 12.3. The fourth-order valence-electron chi connectivity index (χ4n) is 2.32. The molecule has 0 saturated carbocycles. The van der Waals surface area contributed by atoms with Gasteiger partial charge in [0.1, 0.15) is 0 Å². The molecule has 21 heavy (non-hydrogen) atoms. The lowest BCUT2D eigenvalue weighted by molar-refractivity contribution is 0.504. The summed E-state index contributed by atoms with van der Waals surface area (Å²) in [5.41, 5.74) is 2.44. The van der Waals surface area contributed by atoms with Gasteiger partial charge in [-0.25, -0.2) is 0 Å². The highest BCUT2D eigenvalue weighted by Gasteiger charge is 2.11. The monoisotopic (exact) mass is 322 g/mol. The van der Waals surface area contributed by atoms with Crippen molar-refractivity contribution < 1.29 is 0 Å². The van der Waals surface area contributed by atoms with Crippen LogP contribution < -0.4 is 5.32 Å². The van der Waals surface area contributed by atoms with E-state index in [-0.39, 0.29) is 0 Å². The number of nitrogens with zero attached hydrogens (tertiary/aromatic N) is 1. The summed E-state index contributed by atoms with van der Waals surface area (Å²) in [5.74, 6) is 0. The Morgan fingerprint density at radius 3 is 2.57 bits per heavy atom. The van der Waals surface area contributed by atoms with E-state index in [9.17, 15) is 0 Å². The molecule has 0 fully saturated rings. The lowest BCUT2D eigenvalue weighted by atomic mass is 9.99. The Hall–Kier alpha value is -1.09. The summed E-state index contributed by atoms with van der Waals surface area (Å²) in [6, 6.07) is 10.3. The molecule has 2 rings (SSSR count). The number of nitrogens with one attached hydrogen (secondary N) is 1. The maximum Gasteiger partial charge on any atom is 0.0595 e. The van der Waals surface area contributed by atoms with Gasteiger partial charge < -0.3 is 5.32 Å². The molecule has 0 saturated heterocycles. The Kier molecular flexibility index (Phi) is 6.50. The largest absolute Gasteiger partial charge is 0.313 e. The van der Waals surface area contributed by atoms with Crippen LogP contribution in [0.15, 0.2) is 42.7 Å². The van der Waals surface area contributed by atoms with Crippen molar-refractivity contribution in [2.45, 2.75) is 32.2 Å². The van der Waals surface area contributed by atoms with E-state index < -0.39 is 0 Å². The molecule has 4 heteroatoms. The quantitative estimate of drug-likeness (QED) is 0.809. The van der Waals surface area contributed by atoms with Crippen molar-refractivity contribution in [3.05, 3.63) is 63.9 Å². The number of halogens is 2. The fourth-order valence-corrected chi connectivity index (χ4v) is 2.64. The summed E-state index contributed by atoms with van der Waals surface area (Å²) in [6.07, 6.45) is 6.72. The Morgan fingerprint density at radius 1 is 1.10 bits per heavy atom. The molecule has 0 aliphatic heterocycles. The van der Waals surface area contributed by atoms with Gasteiger partial charge in [0, 0.05) is 18.4 Å². The molecule has 0 spiro atoms. The maximum absolute atomic E-state index is 6.10. The first-order valence-electron chi connectivity index (χ1n) is 7.25. The standard InChI is InChI=1S/C17H20Cl2N2/c1-2-7-21-15(10-14-4-3-8-20-12-14)9-13-5-6-16(18)17(19)11-13/h3-6,8,11-12,15,21H,2,7,9-10H2,1H3. The van der Waals surface area contributed by atoms with E-state index in [2.05, 4.69) is 23.3 Å². The minimum absolute atomic E-state index is 0.367. The minimum Gasteiger partial charge on any atom is -0.313 e. The number of hydrogen-bond acceptors (Lipinski definition) is 2. The third kappa shape index (κ3) is 5.31. The SMILES string of the molecule is CCCNC(Cc1cccnc1)Cc1ccc(Cl)c(Cl)c1. The highest BCUT2D eigenvalue weighted by molar-refractivity contribution is 6.42. The number of pyridine rings is 1. The molecule has 1 atom stereocenters. The third-order valence-electron chi connectivity index (χ3n) is 3.35. The smallest absolute Gasteiger partial charge is 0.0595 e. The highest BCUT2D eigenvalue weighted by Crippen LogP contribution is 2.23. The van der Waals surface area contributed by atoms with Crippen LogP contribution in [-0.2, 0) is 12.8 Å². The van der Waals surface area contributed by atoms with Crippen molar-refractivity contribution in [2.24, 2.45) is 0 Å². The molecule has 1 N–H and O–H groups in total. The number of rotatable bonds is 7. The molecule has 1 aromatic carbocycles. The molecule has 1 heterocycles. The molecule has 1 unspecified atom stereocenters. The van der Waals surface area contributed by atoms with Gasteiger partial charge in [0.15, 0.2) is 0 Å². The summed E-state index contributed by atoms with van der Waals surface area (Å²) in [6.45, 7) is 3.18. The summed E-state index contributed by atoms with van der Waals surface area (Å²) >= 11 is 12.1. The van der Waals surface area contributed by atoms with Crippen LogP contribution in [0.4, 0.5) is 0 Å². The summed E-state index contributed by atoms with van der Waals surface area (Å²) in [4.78, 5) is 4.18. The maximum atomic E-state index is 6.10. The van der Waals surface area contributed by atoms with Crippen LogP contribution in [0.5, 0.6) is 0 Å². The van der Waals surface area contributed by atoms with Gasteiger partial charge >= 0.3 is 0 Å². The molecule has 112 valence electrons. The van der Waals surface area contributed by atoms with Gasteiger partial charge in [0.25, 0.3) is 0 Å². The molecule has 2 nitrogen and oxygen atoms in total. The molecular weight excluding hydrogens is 303 g/mol. The number of hydrogen-bond donors (Lipinski definition) is 1. The Labute approximate surface area is 136 Å². The van der Waals surface area contributed by atoms with Crippen LogP contribution in [0.1, 0.15) is 24.5 Å². The van der Waals surface area contributed by atoms with Gasteiger partial charge in [-0.2, -0.15) is 0 Å². The second-order valence-corrected chi connectivity index (χ2v) is 5.98. The van der Waals surface area contributed by atoms with Crippen molar-refractivity contribution in [1.29, 1.82) is 0 Å². The second kappa shape index (κ2) is 8.38. The van der Waals surface area contributed by atoms with E-state index in [0.717, 1.165) is 25.8 Å². The first-order valence-corrected chi connectivity index (χ1v) is 8.01. The van der Waals surface area contributed by atoms with Gasteiger partial charge in [-0.1, -0.05) is 42.3 Å². The van der Waals surface area contributed by atoms with E-state index in [0.29, 0.717) is 16.1 Å². The predicted molar refractivity (Wildman–Crippen MR) is 90.2 cm³/mol. The van der Waals surface area contributed by atoms with Crippen molar-refractivity contribution in [1.82, 2.24) is 10.3 Å². The Balaban J connectivity index is 2.06. The van der Waals surface area contributed by atoms with Crippen molar-refractivity contribution in [2.75, 3.05) is 6.54 Å². The summed E-state index contributed by atoms with van der Waals surface area (Å²) < 4.78 is 0. The van der Waals surface area contributed by atoms with E-state index in [1.165, 1.54) is 11.1 Å². The first-order chi connectivity index (χ1) is 10.2. The highest BCUT2D eigenvalue weighted by atomic mass is 35.5. The summed E-state index contributed by atoms with van der Waals surface area (Å²) in [5, 5.41) is 4.81. The predicted octanol–water partition coefficient (Wildman–Crippen LogP) is 4.54. The fraction of sp³-hybridized carbons (Fsp3) is 0.353. The molecule has 2 aromatic rings. The van der Waals surface area contributed by atoms with E-state index in [1.54, 1.807) is 6.20 Å². The van der Waals surface area contributed by atoms with Gasteiger partial charge in [-0.05, 0) is 55.1 Å². The average Bonchev–Trinajstić information content (AvgIpc) is 2.49. The van der Waals surface area contributed by atoms with Crippen LogP contribution in [0.25, 0.3) is 0 Å². The Morgan fingerprint density at radius 2 is 1.90 bits per heavy atom. The zero-order chi connectivity index (χ0) is 15.1. The molecule has 0 amide bonds. The minimum atomic E-state index is 0.367.